The normalized spacial score (nSPS) is 19.9. The molecule has 30 heavy (non-hydrogen) atoms. The predicted molar refractivity (Wildman–Crippen MR) is 101 cm³/mol. The molecule has 2 heterocycles. The van der Waals surface area contributed by atoms with Crippen LogP contribution in [0.15, 0.2) is 53.1 Å². The summed E-state index contributed by atoms with van der Waals surface area (Å²) in [5.41, 5.74) is 2.51. The van der Waals surface area contributed by atoms with Crippen LogP contribution in [0.3, 0.4) is 0 Å². The highest BCUT2D eigenvalue weighted by atomic mass is 19.4. The SMILES string of the molecule is Cc1cccc(-c2noc(C3CC(O)CN3Cc3cccc(OC(F)(F)F)c3)n2)c1. The van der Waals surface area contributed by atoms with Crippen LogP contribution in [-0.4, -0.2) is 39.2 Å². The van der Waals surface area contributed by atoms with Crippen molar-refractivity contribution >= 4 is 0 Å². The van der Waals surface area contributed by atoms with Gasteiger partial charge in [-0.25, -0.2) is 0 Å². The third-order valence-corrected chi connectivity index (χ3v) is 4.90. The lowest BCUT2D eigenvalue weighted by Gasteiger charge is -2.21. The van der Waals surface area contributed by atoms with E-state index in [1.807, 2.05) is 36.1 Å². The molecule has 2 atom stereocenters. The van der Waals surface area contributed by atoms with Gasteiger partial charge in [-0.2, -0.15) is 4.98 Å². The number of ether oxygens (including phenoxy) is 1. The number of halogens is 3. The number of aliphatic hydroxyl groups excluding tert-OH is 1. The number of hydrogen-bond donors (Lipinski definition) is 1. The van der Waals surface area contributed by atoms with E-state index >= 15 is 0 Å². The van der Waals surface area contributed by atoms with Crippen molar-refractivity contribution in [2.24, 2.45) is 0 Å². The van der Waals surface area contributed by atoms with Crippen LogP contribution >= 0.6 is 0 Å². The van der Waals surface area contributed by atoms with Gasteiger partial charge in [0.1, 0.15) is 5.75 Å². The summed E-state index contributed by atoms with van der Waals surface area (Å²) in [6.07, 6.45) is -4.95. The summed E-state index contributed by atoms with van der Waals surface area (Å²) in [6, 6.07) is 13.2. The first-order valence-electron chi connectivity index (χ1n) is 9.44. The average Bonchev–Trinajstić information content (AvgIpc) is 3.27. The zero-order chi connectivity index (χ0) is 21.3. The first kappa shape index (κ1) is 20.4. The number of hydrogen-bond acceptors (Lipinski definition) is 6. The molecule has 1 N–H and O–H groups in total. The molecule has 0 saturated carbocycles. The smallest absolute Gasteiger partial charge is 0.406 e. The molecule has 1 saturated heterocycles. The van der Waals surface area contributed by atoms with Crippen molar-refractivity contribution in [2.75, 3.05) is 6.54 Å². The van der Waals surface area contributed by atoms with Crippen LogP contribution < -0.4 is 4.74 Å². The predicted octanol–water partition coefficient (Wildman–Crippen LogP) is 4.25. The highest BCUT2D eigenvalue weighted by molar-refractivity contribution is 5.55. The highest BCUT2D eigenvalue weighted by Gasteiger charge is 2.36. The molecule has 4 rings (SSSR count). The number of rotatable bonds is 5. The summed E-state index contributed by atoms with van der Waals surface area (Å²) < 4.78 is 46.9. The lowest BCUT2D eigenvalue weighted by atomic mass is 10.1. The second-order valence-corrected chi connectivity index (χ2v) is 7.36. The van der Waals surface area contributed by atoms with Gasteiger partial charge in [0.15, 0.2) is 0 Å². The van der Waals surface area contributed by atoms with Crippen molar-refractivity contribution in [3.63, 3.8) is 0 Å². The molecule has 158 valence electrons. The van der Waals surface area contributed by atoms with Crippen LogP contribution in [-0.2, 0) is 6.54 Å². The maximum absolute atomic E-state index is 12.5. The quantitative estimate of drug-likeness (QED) is 0.667. The van der Waals surface area contributed by atoms with Gasteiger partial charge in [-0.05, 0) is 37.1 Å². The summed E-state index contributed by atoms with van der Waals surface area (Å²) in [4.78, 5) is 6.40. The Balaban J connectivity index is 1.53. The minimum atomic E-state index is -4.75. The molecule has 1 aliphatic rings. The summed E-state index contributed by atoms with van der Waals surface area (Å²) in [6.45, 7) is 2.62. The lowest BCUT2D eigenvalue weighted by molar-refractivity contribution is -0.274. The standard InChI is InChI=1S/C21H20F3N3O3/c1-13-4-2-6-15(8-13)19-25-20(30-26-19)18-10-16(28)12-27(18)11-14-5-3-7-17(9-14)29-21(22,23)24/h2-9,16,18,28H,10-12H2,1H3. The fraction of sp³-hybridized carbons (Fsp3) is 0.333. The summed E-state index contributed by atoms with van der Waals surface area (Å²) in [7, 11) is 0. The summed E-state index contributed by atoms with van der Waals surface area (Å²) >= 11 is 0. The Kier molecular flexibility index (Phi) is 5.48. The Morgan fingerprint density at radius 1 is 1.20 bits per heavy atom. The van der Waals surface area contributed by atoms with E-state index in [9.17, 15) is 18.3 Å². The molecule has 1 aromatic heterocycles. The molecule has 1 aliphatic heterocycles. The number of aryl methyl sites for hydroxylation is 1. The van der Waals surface area contributed by atoms with Crippen LogP contribution in [0.5, 0.6) is 5.75 Å². The van der Waals surface area contributed by atoms with Crippen LogP contribution in [0.25, 0.3) is 11.4 Å². The minimum absolute atomic E-state index is 0.282. The Morgan fingerprint density at radius 3 is 2.77 bits per heavy atom. The van der Waals surface area contributed by atoms with Gasteiger partial charge in [-0.3, -0.25) is 4.90 Å². The second-order valence-electron chi connectivity index (χ2n) is 7.36. The molecular formula is C21H20F3N3O3. The number of nitrogens with zero attached hydrogens (tertiary/aromatic N) is 3. The molecule has 2 aromatic carbocycles. The molecular weight excluding hydrogens is 399 g/mol. The number of alkyl halides is 3. The topological polar surface area (TPSA) is 71.6 Å². The van der Waals surface area contributed by atoms with E-state index in [0.717, 1.165) is 11.1 Å². The van der Waals surface area contributed by atoms with Crippen molar-refractivity contribution in [3.8, 4) is 17.1 Å². The minimum Gasteiger partial charge on any atom is -0.406 e. The monoisotopic (exact) mass is 419 g/mol. The van der Waals surface area contributed by atoms with Gasteiger partial charge in [-0.15, -0.1) is 13.2 Å². The number of likely N-dealkylation sites (tertiary alicyclic amines) is 1. The lowest BCUT2D eigenvalue weighted by Crippen LogP contribution is -2.24. The molecule has 1 fully saturated rings. The van der Waals surface area contributed by atoms with Gasteiger partial charge in [0.25, 0.3) is 0 Å². The zero-order valence-corrected chi connectivity index (χ0v) is 16.1. The van der Waals surface area contributed by atoms with E-state index in [-0.39, 0.29) is 11.8 Å². The number of aliphatic hydroxyl groups is 1. The first-order valence-corrected chi connectivity index (χ1v) is 9.44. The largest absolute Gasteiger partial charge is 0.573 e. The molecule has 0 aliphatic carbocycles. The summed E-state index contributed by atoms with van der Waals surface area (Å²) in [5, 5.41) is 14.2. The second kappa shape index (κ2) is 8.08. The van der Waals surface area contributed by atoms with Crippen LogP contribution in [0.4, 0.5) is 13.2 Å². The Hall–Kier alpha value is -2.91. The Bertz CT molecular complexity index is 1020. The fourth-order valence-corrected chi connectivity index (χ4v) is 3.66. The number of benzene rings is 2. The number of aromatic nitrogens is 2. The van der Waals surface area contributed by atoms with Crippen LogP contribution in [0.2, 0.25) is 0 Å². The van der Waals surface area contributed by atoms with Gasteiger partial charge in [0, 0.05) is 18.7 Å². The van der Waals surface area contributed by atoms with Crippen molar-refractivity contribution in [2.45, 2.75) is 38.4 Å². The van der Waals surface area contributed by atoms with Gasteiger partial charge >= 0.3 is 6.36 Å². The molecule has 2 unspecified atom stereocenters. The molecule has 9 heteroatoms. The first-order chi connectivity index (χ1) is 14.3. The van der Waals surface area contributed by atoms with Gasteiger partial charge < -0.3 is 14.4 Å². The highest BCUT2D eigenvalue weighted by Crippen LogP contribution is 2.34. The Labute approximate surface area is 170 Å². The number of β-amino-alcohol motifs (C(OH)–C–C–N with tert-alkyl or cyclic N) is 1. The average molecular weight is 419 g/mol. The van der Waals surface area contributed by atoms with E-state index in [2.05, 4.69) is 14.9 Å². The third kappa shape index (κ3) is 4.80. The van der Waals surface area contributed by atoms with Gasteiger partial charge in [-0.1, -0.05) is 41.1 Å². The van der Waals surface area contributed by atoms with E-state index in [0.29, 0.717) is 36.8 Å². The maximum atomic E-state index is 12.5. The van der Waals surface area contributed by atoms with E-state index < -0.39 is 12.5 Å². The van der Waals surface area contributed by atoms with Crippen molar-refractivity contribution in [3.05, 3.63) is 65.5 Å². The zero-order valence-electron chi connectivity index (χ0n) is 16.1. The fourth-order valence-electron chi connectivity index (χ4n) is 3.66. The van der Waals surface area contributed by atoms with E-state index in [4.69, 9.17) is 4.52 Å². The van der Waals surface area contributed by atoms with Crippen molar-refractivity contribution < 1.29 is 27.5 Å². The van der Waals surface area contributed by atoms with Gasteiger partial charge in [0.2, 0.25) is 11.7 Å². The maximum Gasteiger partial charge on any atom is 0.573 e. The van der Waals surface area contributed by atoms with Gasteiger partial charge in [0.05, 0.1) is 12.1 Å². The molecule has 0 radical (unpaired) electrons. The summed E-state index contributed by atoms with van der Waals surface area (Å²) in [5.74, 6) is 0.539. The van der Waals surface area contributed by atoms with Crippen molar-refractivity contribution in [1.82, 2.24) is 15.0 Å². The van der Waals surface area contributed by atoms with Crippen LogP contribution in [0, 0.1) is 6.92 Å². The molecule has 0 bridgehead atoms. The van der Waals surface area contributed by atoms with Crippen molar-refractivity contribution in [1.29, 1.82) is 0 Å². The molecule has 6 nitrogen and oxygen atoms in total. The third-order valence-electron chi connectivity index (χ3n) is 4.90. The molecule has 0 amide bonds. The van der Waals surface area contributed by atoms with Crippen LogP contribution in [0.1, 0.15) is 29.5 Å². The molecule has 3 aromatic rings. The van der Waals surface area contributed by atoms with E-state index in [1.54, 1.807) is 6.07 Å². The molecule has 0 spiro atoms. The van der Waals surface area contributed by atoms with E-state index in [1.165, 1.54) is 18.2 Å². The Morgan fingerprint density at radius 2 is 2.00 bits per heavy atom.